The van der Waals surface area contributed by atoms with E-state index in [2.05, 4.69) is 37.2 Å². The highest BCUT2D eigenvalue weighted by Crippen LogP contribution is 2.30. The minimum atomic E-state index is -0.630. The van der Waals surface area contributed by atoms with Crippen molar-refractivity contribution in [1.29, 1.82) is 5.26 Å². The molecule has 2 atom stereocenters. The molecule has 1 aliphatic heterocycles. The maximum Gasteiger partial charge on any atom is 0.251 e. The van der Waals surface area contributed by atoms with E-state index in [1.807, 2.05) is 37.3 Å². The average Bonchev–Trinajstić information content (AvgIpc) is 2.77. The van der Waals surface area contributed by atoms with E-state index in [9.17, 15) is 10.1 Å². The average molecular weight is 480 g/mol. The van der Waals surface area contributed by atoms with E-state index < -0.39 is 6.10 Å². The zero-order valence-electron chi connectivity index (χ0n) is 17.0. The summed E-state index contributed by atoms with van der Waals surface area (Å²) in [6.07, 6.45) is 0.911. The fraction of sp³-hybridized carbons (Fsp3) is 0.261. The Morgan fingerprint density at radius 1 is 1.32 bits per heavy atom. The molecule has 1 amide bonds. The van der Waals surface area contributed by atoms with Gasteiger partial charge in [-0.3, -0.25) is 9.78 Å². The van der Waals surface area contributed by atoms with Crippen molar-refractivity contribution in [3.8, 4) is 6.07 Å². The minimum Gasteiger partial charge on any atom is -0.398 e. The largest absolute Gasteiger partial charge is 0.398 e. The van der Waals surface area contributed by atoms with Gasteiger partial charge in [0, 0.05) is 46.1 Å². The van der Waals surface area contributed by atoms with Gasteiger partial charge in [-0.25, -0.2) is 0 Å². The first kappa shape index (κ1) is 21.1. The van der Waals surface area contributed by atoms with Crippen LogP contribution >= 0.6 is 15.9 Å². The van der Waals surface area contributed by atoms with Gasteiger partial charge in [-0.2, -0.15) is 5.26 Å². The van der Waals surface area contributed by atoms with Crippen LogP contribution in [0.5, 0.6) is 0 Å². The van der Waals surface area contributed by atoms with Crippen LogP contribution in [0.4, 0.5) is 11.4 Å². The molecule has 4 rings (SSSR count). The third-order valence-electron chi connectivity index (χ3n) is 5.35. The van der Waals surface area contributed by atoms with Crippen LogP contribution in [0.25, 0.3) is 10.9 Å². The minimum absolute atomic E-state index is 0.139. The number of hydrogen-bond donors (Lipinski definition) is 2. The van der Waals surface area contributed by atoms with Crippen LogP contribution in [0, 0.1) is 11.3 Å². The van der Waals surface area contributed by atoms with Crippen LogP contribution in [0.15, 0.2) is 53.1 Å². The molecule has 1 aromatic heterocycles. The normalized spacial score (nSPS) is 18.5. The number of aromatic nitrogens is 1. The van der Waals surface area contributed by atoms with E-state index in [1.165, 1.54) is 0 Å². The first-order chi connectivity index (χ1) is 15.0. The Hall–Kier alpha value is -3.15. The molecule has 0 spiro atoms. The lowest BCUT2D eigenvalue weighted by molar-refractivity contribution is -0.137. The molecule has 158 valence electrons. The number of rotatable bonds is 4. The third-order valence-corrected chi connectivity index (χ3v) is 6.10. The number of halogens is 1. The molecule has 0 radical (unpaired) electrons. The molecule has 2 heterocycles. The number of ether oxygens (including phenoxy) is 1. The highest BCUT2D eigenvalue weighted by atomic mass is 79.9. The molecule has 2 aromatic carbocycles. The molecule has 0 bridgehead atoms. The van der Waals surface area contributed by atoms with Gasteiger partial charge in [-0.1, -0.05) is 22.0 Å². The smallest absolute Gasteiger partial charge is 0.251 e. The van der Waals surface area contributed by atoms with Gasteiger partial charge in [0.25, 0.3) is 5.91 Å². The molecule has 8 heteroatoms. The number of pyridine rings is 1. The van der Waals surface area contributed by atoms with Gasteiger partial charge in [0.15, 0.2) is 6.10 Å². The Bertz CT molecular complexity index is 1160. The summed E-state index contributed by atoms with van der Waals surface area (Å²) in [4.78, 5) is 19.4. The lowest BCUT2D eigenvalue weighted by atomic mass is 10.1. The molecule has 7 nitrogen and oxygen atoms in total. The van der Waals surface area contributed by atoms with E-state index in [0.717, 1.165) is 21.1 Å². The summed E-state index contributed by atoms with van der Waals surface area (Å²) in [7, 11) is 0. The number of nitrogens with zero attached hydrogens (tertiary/aromatic N) is 3. The number of fused-ring (bicyclic) bond motifs is 1. The molecule has 3 aromatic rings. The van der Waals surface area contributed by atoms with Gasteiger partial charge in [0.05, 0.1) is 23.7 Å². The monoisotopic (exact) mass is 479 g/mol. The van der Waals surface area contributed by atoms with Crippen LogP contribution in [0.1, 0.15) is 18.1 Å². The van der Waals surface area contributed by atoms with Gasteiger partial charge in [-0.15, -0.1) is 0 Å². The standard InChI is InChI=1S/C23H22BrN5O2/c1-14-12-29(20-8-7-15(10-25)22-16(20)4-3-9-27-22)13-21(31-14)23(30)28-11-17-18(24)5-2-6-19(17)26/h2-9,14,21H,11-13,26H2,1H3,(H,28,30). The number of carbonyl (C=O) groups is 1. The van der Waals surface area contributed by atoms with Crippen LogP contribution in [0.2, 0.25) is 0 Å². The summed E-state index contributed by atoms with van der Waals surface area (Å²) in [5, 5.41) is 13.2. The van der Waals surface area contributed by atoms with E-state index in [1.54, 1.807) is 18.3 Å². The van der Waals surface area contributed by atoms with Crippen molar-refractivity contribution >= 4 is 44.1 Å². The number of benzene rings is 2. The predicted octanol–water partition coefficient (Wildman–Crippen LogP) is 3.36. The quantitative estimate of drug-likeness (QED) is 0.555. The SMILES string of the molecule is CC1CN(c2ccc(C#N)c3ncccc23)CC(C(=O)NCc2c(N)cccc2Br)O1. The van der Waals surface area contributed by atoms with E-state index in [0.29, 0.717) is 36.4 Å². The van der Waals surface area contributed by atoms with Crippen LogP contribution < -0.4 is 16.0 Å². The molecule has 0 aliphatic carbocycles. The van der Waals surface area contributed by atoms with Gasteiger partial charge in [-0.05, 0) is 43.3 Å². The number of nitrogen functional groups attached to an aromatic ring is 1. The number of morpholine rings is 1. The molecule has 1 saturated heterocycles. The zero-order chi connectivity index (χ0) is 22.0. The van der Waals surface area contributed by atoms with Gasteiger partial charge in [0.1, 0.15) is 6.07 Å². The van der Waals surface area contributed by atoms with Crippen molar-refractivity contribution in [1.82, 2.24) is 10.3 Å². The molecule has 1 fully saturated rings. The second-order valence-electron chi connectivity index (χ2n) is 7.51. The molecular weight excluding hydrogens is 458 g/mol. The molecule has 3 N–H and O–H groups in total. The molecule has 31 heavy (non-hydrogen) atoms. The van der Waals surface area contributed by atoms with Crippen LogP contribution in [-0.4, -0.2) is 36.2 Å². The topological polar surface area (TPSA) is 104 Å². The molecule has 0 saturated carbocycles. The van der Waals surface area contributed by atoms with Crippen molar-refractivity contribution < 1.29 is 9.53 Å². The number of nitrogens with one attached hydrogen (secondary N) is 1. The van der Waals surface area contributed by atoms with Crippen molar-refractivity contribution in [3.05, 3.63) is 64.3 Å². The van der Waals surface area contributed by atoms with Gasteiger partial charge in [0.2, 0.25) is 0 Å². The summed E-state index contributed by atoms with van der Waals surface area (Å²) < 4.78 is 6.79. The molecule has 2 unspecified atom stereocenters. The first-order valence-corrected chi connectivity index (χ1v) is 10.8. The number of nitriles is 1. The van der Waals surface area contributed by atoms with E-state index >= 15 is 0 Å². The van der Waals surface area contributed by atoms with E-state index in [4.69, 9.17) is 10.5 Å². The second-order valence-corrected chi connectivity index (χ2v) is 8.36. The zero-order valence-corrected chi connectivity index (χ0v) is 18.6. The number of carbonyl (C=O) groups excluding carboxylic acids is 1. The Labute approximate surface area is 188 Å². The van der Waals surface area contributed by atoms with Crippen LogP contribution in [0.3, 0.4) is 0 Å². The summed E-state index contributed by atoms with van der Waals surface area (Å²) in [6.45, 7) is 3.29. The lowest BCUT2D eigenvalue weighted by Crippen LogP contribution is -2.52. The van der Waals surface area contributed by atoms with Crippen molar-refractivity contribution in [2.24, 2.45) is 0 Å². The second kappa shape index (κ2) is 8.92. The molecular formula is C23H22BrN5O2. The van der Waals surface area contributed by atoms with Crippen molar-refractivity contribution in [3.63, 3.8) is 0 Å². The maximum absolute atomic E-state index is 12.9. The summed E-state index contributed by atoms with van der Waals surface area (Å²) in [6, 6.07) is 15.2. The summed E-state index contributed by atoms with van der Waals surface area (Å²) in [5.41, 5.74) is 9.61. The van der Waals surface area contributed by atoms with E-state index in [-0.39, 0.29) is 12.0 Å². The fourth-order valence-corrected chi connectivity index (χ4v) is 4.39. The lowest BCUT2D eigenvalue weighted by Gasteiger charge is -2.38. The Kier molecular flexibility index (Phi) is 6.07. The van der Waals surface area contributed by atoms with Crippen molar-refractivity contribution in [2.75, 3.05) is 23.7 Å². The summed E-state index contributed by atoms with van der Waals surface area (Å²) in [5.74, 6) is -0.192. The number of hydrogen-bond acceptors (Lipinski definition) is 6. The summed E-state index contributed by atoms with van der Waals surface area (Å²) >= 11 is 3.48. The van der Waals surface area contributed by atoms with Crippen molar-refractivity contribution in [2.45, 2.75) is 25.7 Å². The van der Waals surface area contributed by atoms with Crippen LogP contribution in [-0.2, 0) is 16.1 Å². The number of amides is 1. The Balaban J connectivity index is 1.54. The fourth-order valence-electron chi connectivity index (χ4n) is 3.87. The highest BCUT2D eigenvalue weighted by molar-refractivity contribution is 9.10. The highest BCUT2D eigenvalue weighted by Gasteiger charge is 2.31. The number of anilines is 2. The Morgan fingerprint density at radius 2 is 2.16 bits per heavy atom. The Morgan fingerprint density at radius 3 is 2.94 bits per heavy atom. The number of nitrogens with two attached hydrogens (primary N) is 1. The first-order valence-electron chi connectivity index (χ1n) is 9.96. The van der Waals surface area contributed by atoms with Gasteiger partial charge >= 0.3 is 0 Å². The molecule has 1 aliphatic rings. The predicted molar refractivity (Wildman–Crippen MR) is 123 cm³/mol. The maximum atomic E-state index is 12.9. The third kappa shape index (κ3) is 4.33. The van der Waals surface area contributed by atoms with Gasteiger partial charge < -0.3 is 20.7 Å².